The molecule has 136 valence electrons. The van der Waals surface area contributed by atoms with Gasteiger partial charge in [0.25, 0.3) is 5.91 Å². The summed E-state index contributed by atoms with van der Waals surface area (Å²) in [6, 6.07) is 11.8. The smallest absolute Gasteiger partial charge is 0.318 e. The molecule has 0 aliphatic carbocycles. The number of hydrogen-bond acceptors (Lipinski definition) is 3. The number of rotatable bonds is 4. The molecule has 2 aromatic carbocycles. The predicted octanol–water partition coefficient (Wildman–Crippen LogP) is 3.99. The van der Waals surface area contributed by atoms with Gasteiger partial charge in [0, 0.05) is 16.3 Å². The fourth-order valence-electron chi connectivity index (χ4n) is 1.86. The fourth-order valence-corrected chi connectivity index (χ4v) is 1.99. The molecule has 0 aliphatic heterocycles. The second-order valence-electron chi connectivity index (χ2n) is 5.17. The normalized spacial score (nSPS) is 11.8. The number of nitrogens with one attached hydrogen (secondary N) is 2. The SMILES string of the molecule is CC(=NNC(=O)c1ccc(Cl)cc1)c1ccc(NC(=O)C(F)(F)F)cc1. The van der Waals surface area contributed by atoms with Crippen LogP contribution in [0.1, 0.15) is 22.8 Å². The Kier molecular flexibility index (Phi) is 5.99. The maximum absolute atomic E-state index is 12.2. The van der Waals surface area contributed by atoms with Gasteiger partial charge in [0.1, 0.15) is 0 Å². The van der Waals surface area contributed by atoms with Crippen molar-refractivity contribution < 1.29 is 22.8 Å². The Hall–Kier alpha value is -2.87. The van der Waals surface area contributed by atoms with E-state index in [4.69, 9.17) is 11.6 Å². The van der Waals surface area contributed by atoms with Gasteiger partial charge in [-0.05, 0) is 48.9 Å². The average molecular weight is 384 g/mol. The van der Waals surface area contributed by atoms with Crippen molar-refractivity contribution >= 4 is 34.8 Å². The van der Waals surface area contributed by atoms with Gasteiger partial charge in [-0.3, -0.25) is 9.59 Å². The molecule has 0 unspecified atom stereocenters. The van der Waals surface area contributed by atoms with E-state index in [1.165, 1.54) is 24.3 Å². The van der Waals surface area contributed by atoms with Crippen molar-refractivity contribution in [2.45, 2.75) is 13.1 Å². The molecule has 2 N–H and O–H groups in total. The van der Waals surface area contributed by atoms with Crippen molar-refractivity contribution in [2.24, 2.45) is 5.10 Å². The molecule has 5 nitrogen and oxygen atoms in total. The highest BCUT2D eigenvalue weighted by atomic mass is 35.5. The minimum atomic E-state index is -4.96. The zero-order valence-corrected chi connectivity index (χ0v) is 14.2. The average Bonchev–Trinajstić information content (AvgIpc) is 2.59. The number of benzene rings is 2. The van der Waals surface area contributed by atoms with Crippen LogP contribution in [0.15, 0.2) is 53.6 Å². The maximum atomic E-state index is 12.2. The lowest BCUT2D eigenvalue weighted by Crippen LogP contribution is -2.29. The number of carbonyl (C=O) groups excluding carboxylic acids is 2. The van der Waals surface area contributed by atoms with Crippen molar-refractivity contribution in [2.75, 3.05) is 5.32 Å². The van der Waals surface area contributed by atoms with Gasteiger partial charge < -0.3 is 5.32 Å². The molecule has 2 amide bonds. The third kappa shape index (κ3) is 5.32. The number of amides is 2. The van der Waals surface area contributed by atoms with Gasteiger partial charge >= 0.3 is 12.1 Å². The summed E-state index contributed by atoms with van der Waals surface area (Å²) in [5, 5.41) is 6.18. The maximum Gasteiger partial charge on any atom is 0.471 e. The van der Waals surface area contributed by atoms with E-state index in [9.17, 15) is 22.8 Å². The van der Waals surface area contributed by atoms with Crippen molar-refractivity contribution in [1.82, 2.24) is 5.43 Å². The van der Waals surface area contributed by atoms with Gasteiger partial charge in [-0.2, -0.15) is 18.3 Å². The quantitative estimate of drug-likeness (QED) is 0.619. The molecule has 0 spiro atoms. The number of nitrogens with zero attached hydrogens (tertiary/aromatic N) is 1. The summed E-state index contributed by atoms with van der Waals surface area (Å²) in [4.78, 5) is 22.8. The standard InChI is InChI=1S/C17H13ClF3N3O2/c1-10(23-24-15(25)12-2-6-13(18)7-3-12)11-4-8-14(9-5-11)22-16(26)17(19,20)21/h2-9H,1H3,(H,22,26)(H,24,25). The number of hydrogen-bond donors (Lipinski definition) is 2. The number of carbonyl (C=O) groups is 2. The summed E-state index contributed by atoms with van der Waals surface area (Å²) in [5.41, 5.74) is 3.73. The van der Waals surface area contributed by atoms with Crippen LogP contribution in [-0.4, -0.2) is 23.7 Å². The van der Waals surface area contributed by atoms with Crippen LogP contribution in [0.4, 0.5) is 18.9 Å². The molecule has 0 heterocycles. The van der Waals surface area contributed by atoms with Crippen LogP contribution < -0.4 is 10.7 Å². The highest BCUT2D eigenvalue weighted by molar-refractivity contribution is 6.30. The van der Waals surface area contributed by atoms with Crippen LogP contribution in [0.2, 0.25) is 5.02 Å². The largest absolute Gasteiger partial charge is 0.471 e. The summed E-state index contributed by atoms with van der Waals surface area (Å²) in [5.74, 6) is -2.49. The third-order valence-electron chi connectivity index (χ3n) is 3.25. The Labute approximate surface area is 151 Å². The Bertz CT molecular complexity index is 832. The zero-order chi connectivity index (χ0) is 19.3. The van der Waals surface area contributed by atoms with E-state index in [-0.39, 0.29) is 5.69 Å². The second kappa shape index (κ2) is 8.01. The topological polar surface area (TPSA) is 70.6 Å². The van der Waals surface area contributed by atoms with Crippen LogP contribution in [0.5, 0.6) is 0 Å². The summed E-state index contributed by atoms with van der Waals surface area (Å²) in [6.07, 6.45) is -4.96. The molecule has 0 saturated carbocycles. The Morgan fingerprint density at radius 3 is 2.04 bits per heavy atom. The van der Waals surface area contributed by atoms with Gasteiger partial charge in [0.15, 0.2) is 0 Å². The highest BCUT2D eigenvalue weighted by Crippen LogP contribution is 2.18. The van der Waals surface area contributed by atoms with E-state index in [1.54, 1.807) is 36.5 Å². The van der Waals surface area contributed by atoms with Crippen LogP contribution >= 0.6 is 11.6 Å². The van der Waals surface area contributed by atoms with Crippen LogP contribution in [0.3, 0.4) is 0 Å². The molecule has 0 fully saturated rings. The zero-order valence-electron chi connectivity index (χ0n) is 13.4. The minimum absolute atomic E-state index is 0.00549. The number of alkyl halides is 3. The van der Waals surface area contributed by atoms with Gasteiger partial charge in [0.05, 0.1) is 5.71 Å². The van der Waals surface area contributed by atoms with Crippen molar-refractivity contribution in [3.63, 3.8) is 0 Å². The van der Waals surface area contributed by atoms with E-state index >= 15 is 0 Å². The lowest BCUT2D eigenvalue weighted by molar-refractivity contribution is -0.167. The summed E-state index contributed by atoms with van der Waals surface area (Å²) >= 11 is 5.75. The van der Waals surface area contributed by atoms with E-state index in [0.717, 1.165) is 0 Å². The molecule has 26 heavy (non-hydrogen) atoms. The molecule has 0 bridgehead atoms. The first-order valence-corrected chi connectivity index (χ1v) is 7.63. The molecule has 0 aromatic heterocycles. The van der Waals surface area contributed by atoms with E-state index < -0.39 is 18.0 Å². The Morgan fingerprint density at radius 2 is 1.50 bits per heavy atom. The number of hydrazone groups is 1. The van der Waals surface area contributed by atoms with E-state index in [2.05, 4.69) is 10.5 Å². The molecule has 9 heteroatoms. The molecular formula is C17H13ClF3N3O2. The van der Waals surface area contributed by atoms with Crippen molar-refractivity contribution in [3.8, 4) is 0 Å². The molecule has 2 aromatic rings. The highest BCUT2D eigenvalue weighted by Gasteiger charge is 2.38. The first-order valence-electron chi connectivity index (χ1n) is 7.25. The lowest BCUT2D eigenvalue weighted by Gasteiger charge is -2.08. The molecule has 2 rings (SSSR count). The van der Waals surface area contributed by atoms with Gasteiger partial charge in [-0.25, -0.2) is 5.43 Å². The van der Waals surface area contributed by atoms with Gasteiger partial charge in [-0.1, -0.05) is 23.7 Å². The van der Waals surface area contributed by atoms with Crippen LogP contribution in [0, 0.1) is 0 Å². The number of halogens is 4. The second-order valence-corrected chi connectivity index (χ2v) is 5.61. The van der Waals surface area contributed by atoms with E-state index in [1.807, 2.05) is 0 Å². The van der Waals surface area contributed by atoms with Gasteiger partial charge in [-0.15, -0.1) is 0 Å². The molecule has 0 aliphatic rings. The molecule has 0 saturated heterocycles. The third-order valence-corrected chi connectivity index (χ3v) is 3.50. The van der Waals surface area contributed by atoms with Crippen LogP contribution in [-0.2, 0) is 4.79 Å². The van der Waals surface area contributed by atoms with Crippen LogP contribution in [0.25, 0.3) is 0 Å². The molecule has 0 radical (unpaired) electrons. The predicted molar refractivity (Wildman–Crippen MR) is 92.3 cm³/mol. The summed E-state index contributed by atoms with van der Waals surface area (Å²) in [7, 11) is 0. The first kappa shape index (κ1) is 19.5. The monoisotopic (exact) mass is 383 g/mol. The Morgan fingerprint density at radius 1 is 0.962 bits per heavy atom. The van der Waals surface area contributed by atoms with E-state index in [0.29, 0.717) is 21.9 Å². The van der Waals surface area contributed by atoms with Crippen molar-refractivity contribution in [3.05, 3.63) is 64.7 Å². The first-order chi connectivity index (χ1) is 12.2. The molecular weight excluding hydrogens is 371 g/mol. The lowest BCUT2D eigenvalue weighted by atomic mass is 10.1. The molecule has 0 atom stereocenters. The summed E-state index contributed by atoms with van der Waals surface area (Å²) in [6.45, 7) is 1.62. The van der Waals surface area contributed by atoms with Gasteiger partial charge in [0.2, 0.25) is 0 Å². The summed E-state index contributed by atoms with van der Waals surface area (Å²) < 4.78 is 36.6. The fraction of sp³-hybridized carbons (Fsp3) is 0.118. The minimum Gasteiger partial charge on any atom is -0.318 e. The Balaban J connectivity index is 2.01. The number of anilines is 1. The van der Waals surface area contributed by atoms with Crippen molar-refractivity contribution in [1.29, 1.82) is 0 Å².